The maximum Gasteiger partial charge on any atom is 0.280 e. The summed E-state index contributed by atoms with van der Waals surface area (Å²) in [5.41, 5.74) is 2.88. The van der Waals surface area contributed by atoms with Gasteiger partial charge in [0.25, 0.3) is 11.5 Å². The molecule has 0 aliphatic carbocycles. The molecule has 3 aromatic heterocycles. The van der Waals surface area contributed by atoms with Crippen molar-refractivity contribution >= 4 is 40.0 Å². The number of ether oxygens (including phenoxy) is 1. The second-order valence-electron chi connectivity index (χ2n) is 15.0. The summed E-state index contributed by atoms with van der Waals surface area (Å²) in [6.07, 6.45) is 2.60. The number of pyridine rings is 1. The minimum atomic E-state index is -1.21. The number of methoxy groups -OCH3 is 1. The van der Waals surface area contributed by atoms with E-state index in [0.29, 0.717) is 73.9 Å². The molecular formula is C44H45N7O5S. The summed E-state index contributed by atoms with van der Waals surface area (Å²) in [7, 11) is 1.63. The lowest BCUT2D eigenvalue weighted by Crippen LogP contribution is -2.53. The van der Waals surface area contributed by atoms with E-state index in [9.17, 15) is 19.5 Å². The number of hydrogen-bond donors (Lipinski definition) is 2. The third-order valence-electron chi connectivity index (χ3n) is 11.2. The number of thiazole rings is 1. The van der Waals surface area contributed by atoms with Crippen LogP contribution in [0.2, 0.25) is 0 Å². The molecule has 2 N–H and O–H groups in total. The number of benzene rings is 3. The molecule has 0 bridgehead atoms. The van der Waals surface area contributed by atoms with Crippen LogP contribution in [0.5, 0.6) is 5.75 Å². The first-order valence-corrected chi connectivity index (χ1v) is 20.1. The molecule has 2 aliphatic rings. The first-order valence-electron chi connectivity index (χ1n) is 19.3. The fraction of sp³-hybridized carbons (Fsp3) is 0.318. The van der Waals surface area contributed by atoms with E-state index in [1.54, 1.807) is 19.2 Å². The average molecular weight is 784 g/mol. The molecule has 292 valence electrons. The second kappa shape index (κ2) is 16.3. The molecule has 3 aromatic carbocycles. The SMILES string of the molecule is COc1ccc(CNc2ccc3ncn(CC4(O)CCN(C(=O)[C@@H]5CCN(C(=O)c6sc(-c7ccccc7)nc6C)C[C@H]5c5ccccc5)CC4)c(=O)c3n2)cc1. The molecule has 2 atom stereocenters. The van der Waals surface area contributed by atoms with E-state index in [2.05, 4.69) is 15.3 Å². The lowest BCUT2D eigenvalue weighted by atomic mass is 9.79. The summed E-state index contributed by atoms with van der Waals surface area (Å²) < 4.78 is 6.66. The second-order valence-corrected chi connectivity index (χ2v) is 16.0. The fourth-order valence-electron chi connectivity index (χ4n) is 7.95. The number of piperidine rings is 2. The zero-order valence-electron chi connectivity index (χ0n) is 32.0. The Morgan fingerprint density at radius 1 is 0.912 bits per heavy atom. The highest BCUT2D eigenvalue weighted by Gasteiger charge is 2.42. The van der Waals surface area contributed by atoms with Gasteiger partial charge in [0, 0.05) is 50.1 Å². The van der Waals surface area contributed by atoms with Crippen molar-refractivity contribution < 1.29 is 19.4 Å². The zero-order valence-corrected chi connectivity index (χ0v) is 32.8. The Hall–Kier alpha value is -5.92. The normalized spacial score (nSPS) is 18.0. The summed E-state index contributed by atoms with van der Waals surface area (Å²) in [4.78, 5) is 60.1. The molecule has 2 fully saturated rings. The fourth-order valence-corrected chi connectivity index (χ4v) is 8.99. The van der Waals surface area contributed by atoms with Gasteiger partial charge in [0.2, 0.25) is 5.91 Å². The van der Waals surface area contributed by atoms with Gasteiger partial charge in [-0.3, -0.25) is 19.0 Å². The Morgan fingerprint density at radius 2 is 1.63 bits per heavy atom. The van der Waals surface area contributed by atoms with Crippen LogP contribution in [0.4, 0.5) is 5.82 Å². The molecule has 0 saturated carbocycles. The molecule has 57 heavy (non-hydrogen) atoms. The number of nitrogens with one attached hydrogen (secondary N) is 1. The van der Waals surface area contributed by atoms with Crippen LogP contribution in [0.1, 0.15) is 51.7 Å². The van der Waals surface area contributed by atoms with Crippen molar-refractivity contribution in [3.63, 3.8) is 0 Å². The predicted octanol–water partition coefficient (Wildman–Crippen LogP) is 6.14. The van der Waals surface area contributed by atoms with E-state index in [1.807, 2.05) is 102 Å². The van der Waals surface area contributed by atoms with Crippen LogP contribution in [0, 0.1) is 12.8 Å². The Morgan fingerprint density at radius 3 is 2.35 bits per heavy atom. The van der Waals surface area contributed by atoms with Gasteiger partial charge in [-0.1, -0.05) is 72.8 Å². The van der Waals surface area contributed by atoms with Crippen molar-refractivity contribution in [2.75, 3.05) is 38.6 Å². The van der Waals surface area contributed by atoms with Crippen molar-refractivity contribution in [1.82, 2.24) is 29.3 Å². The van der Waals surface area contributed by atoms with Gasteiger partial charge in [0.1, 0.15) is 21.5 Å². The van der Waals surface area contributed by atoms with Gasteiger partial charge in [0.15, 0.2) is 5.52 Å². The van der Waals surface area contributed by atoms with Crippen LogP contribution in [-0.4, -0.2) is 85.1 Å². The smallest absolute Gasteiger partial charge is 0.280 e. The number of aromatic nitrogens is 4. The van der Waals surface area contributed by atoms with E-state index in [-0.39, 0.29) is 41.3 Å². The first kappa shape index (κ1) is 38.0. The largest absolute Gasteiger partial charge is 0.497 e. The van der Waals surface area contributed by atoms with Crippen LogP contribution in [0.25, 0.3) is 21.6 Å². The number of amides is 2. The number of rotatable bonds is 10. The number of anilines is 1. The van der Waals surface area contributed by atoms with Gasteiger partial charge in [-0.2, -0.15) is 0 Å². The molecule has 5 heterocycles. The number of carbonyl (C=O) groups excluding carboxylic acids is 2. The summed E-state index contributed by atoms with van der Waals surface area (Å²) in [6.45, 7) is 4.01. The molecule has 0 radical (unpaired) electrons. The Balaban J connectivity index is 0.926. The average Bonchev–Trinajstić information content (AvgIpc) is 3.65. The van der Waals surface area contributed by atoms with Crippen molar-refractivity contribution in [2.45, 2.75) is 50.8 Å². The first-order chi connectivity index (χ1) is 27.7. The van der Waals surface area contributed by atoms with E-state index < -0.39 is 5.60 Å². The van der Waals surface area contributed by atoms with E-state index in [1.165, 1.54) is 22.2 Å². The number of aryl methyl sites for hydroxylation is 1. The van der Waals surface area contributed by atoms with Crippen molar-refractivity contribution in [3.05, 3.63) is 135 Å². The molecule has 2 amide bonds. The molecule has 8 rings (SSSR count). The van der Waals surface area contributed by atoms with Crippen molar-refractivity contribution in [3.8, 4) is 16.3 Å². The molecule has 0 spiro atoms. The number of fused-ring (bicyclic) bond motifs is 1. The predicted molar refractivity (Wildman–Crippen MR) is 220 cm³/mol. The third-order valence-corrected chi connectivity index (χ3v) is 12.4. The minimum absolute atomic E-state index is 0.0294. The molecule has 2 saturated heterocycles. The van der Waals surface area contributed by atoms with Gasteiger partial charge in [-0.25, -0.2) is 15.0 Å². The van der Waals surface area contributed by atoms with Crippen LogP contribution in [0.3, 0.4) is 0 Å². The number of aliphatic hydroxyl groups is 1. The number of likely N-dealkylation sites (tertiary alicyclic amines) is 2. The van der Waals surface area contributed by atoms with Crippen LogP contribution < -0.4 is 15.6 Å². The number of nitrogens with zero attached hydrogens (tertiary/aromatic N) is 6. The highest BCUT2D eigenvalue weighted by atomic mass is 32.1. The quantitative estimate of drug-likeness (QED) is 0.168. The lowest BCUT2D eigenvalue weighted by molar-refractivity contribution is -0.142. The van der Waals surface area contributed by atoms with Crippen molar-refractivity contribution in [2.24, 2.45) is 5.92 Å². The summed E-state index contributed by atoms with van der Waals surface area (Å²) >= 11 is 1.41. The van der Waals surface area contributed by atoms with E-state index in [4.69, 9.17) is 9.72 Å². The molecule has 2 aliphatic heterocycles. The Kier molecular flexibility index (Phi) is 10.8. The molecule has 6 aromatic rings. The highest BCUT2D eigenvalue weighted by molar-refractivity contribution is 7.17. The van der Waals surface area contributed by atoms with Gasteiger partial charge in [0.05, 0.1) is 36.8 Å². The van der Waals surface area contributed by atoms with E-state index in [0.717, 1.165) is 27.4 Å². The summed E-state index contributed by atoms with van der Waals surface area (Å²) in [5.74, 6) is 0.774. The number of carbonyl (C=O) groups is 2. The van der Waals surface area contributed by atoms with Crippen LogP contribution >= 0.6 is 11.3 Å². The molecule has 0 unspecified atom stereocenters. The highest BCUT2D eigenvalue weighted by Crippen LogP contribution is 2.37. The van der Waals surface area contributed by atoms with Gasteiger partial charge < -0.3 is 25.0 Å². The van der Waals surface area contributed by atoms with Crippen LogP contribution in [-0.2, 0) is 17.9 Å². The topological polar surface area (TPSA) is 143 Å². The maximum atomic E-state index is 14.3. The Bertz CT molecular complexity index is 2430. The van der Waals surface area contributed by atoms with E-state index >= 15 is 0 Å². The molecular weight excluding hydrogens is 739 g/mol. The third kappa shape index (κ3) is 8.16. The summed E-state index contributed by atoms with van der Waals surface area (Å²) in [5, 5.41) is 15.8. The van der Waals surface area contributed by atoms with Gasteiger partial charge >= 0.3 is 0 Å². The minimum Gasteiger partial charge on any atom is -0.497 e. The van der Waals surface area contributed by atoms with Gasteiger partial charge in [-0.05, 0) is 61.6 Å². The zero-order chi connectivity index (χ0) is 39.5. The summed E-state index contributed by atoms with van der Waals surface area (Å²) in [6, 6.07) is 31.1. The standard InChI is InChI=1S/C44H45N7O5S/c1-29-39(57-40(47-29)32-11-7-4-8-12-32)43(54)50-22-19-34(35(26-50)31-9-5-3-6-10-31)41(52)49-23-20-44(55,21-24-49)27-51-28-46-36-17-18-37(48-38(36)42(51)53)45-25-30-13-15-33(56-2)16-14-30/h3-18,28,34-35,55H,19-27H2,1-2H3,(H,45,48)/t34-,35+/m1/s1. The lowest BCUT2D eigenvalue weighted by Gasteiger charge is -2.43. The number of hydrogen-bond acceptors (Lipinski definition) is 10. The maximum absolute atomic E-state index is 14.3. The molecule has 13 heteroatoms. The van der Waals surface area contributed by atoms with Crippen LogP contribution in [0.15, 0.2) is 108 Å². The van der Waals surface area contributed by atoms with Crippen molar-refractivity contribution in [1.29, 1.82) is 0 Å². The Labute approximate surface area is 334 Å². The van der Waals surface area contributed by atoms with Gasteiger partial charge in [-0.15, -0.1) is 11.3 Å². The molecule has 12 nitrogen and oxygen atoms in total. The monoisotopic (exact) mass is 783 g/mol.